The molecule has 2 atom stereocenters. The van der Waals surface area contributed by atoms with Crippen molar-refractivity contribution >= 4 is 19.8 Å². The molecule has 374 valence electrons. The third-order valence-electron chi connectivity index (χ3n) is 10.7. The number of phosphoric ester groups is 1. The van der Waals surface area contributed by atoms with Crippen LogP contribution in [0.5, 0.6) is 0 Å². The molecule has 0 aliphatic rings. The predicted octanol–water partition coefficient (Wildman–Crippen LogP) is 14.9. The number of phosphoric acid groups is 1. The maximum atomic E-state index is 12.7. The lowest BCUT2D eigenvalue weighted by molar-refractivity contribution is -0.870. The second kappa shape index (κ2) is 46.3. The molecule has 0 saturated heterocycles. The number of nitrogens with zero attached hydrogens (tertiary/aromatic N) is 1. The van der Waals surface area contributed by atoms with Crippen LogP contribution in [0.2, 0.25) is 0 Å². The molecule has 0 rings (SSSR count). The van der Waals surface area contributed by atoms with Crippen LogP contribution in [0.3, 0.4) is 0 Å². The molecule has 0 amide bonds. The molecule has 0 aliphatic carbocycles. The summed E-state index contributed by atoms with van der Waals surface area (Å²) in [5.41, 5.74) is 0. The van der Waals surface area contributed by atoms with E-state index in [0.29, 0.717) is 23.9 Å². The van der Waals surface area contributed by atoms with E-state index in [-0.39, 0.29) is 26.1 Å². The molecule has 0 N–H and O–H groups in total. The Labute approximate surface area is 399 Å². The Morgan fingerprint density at radius 2 is 0.877 bits per heavy atom. The summed E-state index contributed by atoms with van der Waals surface area (Å²) in [7, 11) is 1.12. The summed E-state index contributed by atoms with van der Waals surface area (Å²) in [6.45, 7) is 4.06. The third-order valence-corrected chi connectivity index (χ3v) is 11.6. The number of hydrogen-bond donors (Lipinski definition) is 0. The molecule has 0 aliphatic heterocycles. The molecule has 0 saturated carbocycles. The van der Waals surface area contributed by atoms with Crippen LogP contribution >= 0.6 is 7.82 Å². The number of likely N-dealkylation sites (N-methyl/N-ethyl adjacent to an activating group) is 1. The molecule has 0 fully saturated rings. The van der Waals surface area contributed by atoms with Crippen LogP contribution < -0.4 is 4.89 Å². The van der Waals surface area contributed by atoms with Gasteiger partial charge in [0.25, 0.3) is 7.82 Å². The average Bonchev–Trinajstić information content (AvgIpc) is 3.26. The van der Waals surface area contributed by atoms with E-state index in [1.54, 1.807) is 0 Å². The van der Waals surface area contributed by atoms with Crippen LogP contribution in [0.4, 0.5) is 0 Å². The van der Waals surface area contributed by atoms with Gasteiger partial charge in [-0.05, 0) is 64.2 Å². The van der Waals surface area contributed by atoms with Crippen LogP contribution in [-0.4, -0.2) is 70.0 Å². The van der Waals surface area contributed by atoms with Crippen molar-refractivity contribution in [2.45, 2.75) is 206 Å². The van der Waals surface area contributed by atoms with E-state index in [0.717, 1.165) is 64.2 Å². The van der Waals surface area contributed by atoms with E-state index in [1.807, 2.05) is 27.2 Å². The van der Waals surface area contributed by atoms with Gasteiger partial charge in [-0.3, -0.25) is 14.2 Å². The first kappa shape index (κ1) is 62.2. The first-order valence-electron chi connectivity index (χ1n) is 25.8. The topological polar surface area (TPSA) is 111 Å². The zero-order valence-corrected chi connectivity index (χ0v) is 43.0. The Balaban J connectivity index is 4.38. The van der Waals surface area contributed by atoms with Crippen molar-refractivity contribution in [2.75, 3.05) is 47.5 Å². The van der Waals surface area contributed by atoms with Crippen molar-refractivity contribution in [2.24, 2.45) is 0 Å². The molecule has 9 nitrogen and oxygen atoms in total. The monoisotopic (exact) mass is 930 g/mol. The Kier molecular flexibility index (Phi) is 44.3. The second-order valence-corrected chi connectivity index (χ2v) is 19.6. The van der Waals surface area contributed by atoms with E-state index < -0.39 is 32.5 Å². The normalized spacial score (nSPS) is 14.1. The Hall–Kier alpha value is -2.81. The number of quaternary nitrogens is 1. The van der Waals surface area contributed by atoms with Crippen molar-refractivity contribution < 1.29 is 42.1 Å². The van der Waals surface area contributed by atoms with Crippen LogP contribution in [0.1, 0.15) is 200 Å². The molecule has 0 aromatic carbocycles. The molecule has 0 aromatic rings. The summed E-state index contributed by atoms with van der Waals surface area (Å²) >= 11 is 0. The lowest BCUT2D eigenvalue weighted by Crippen LogP contribution is -2.37. The van der Waals surface area contributed by atoms with Gasteiger partial charge in [0.05, 0.1) is 27.7 Å². The molecule has 10 heteroatoms. The Bertz CT molecular complexity index is 1380. The van der Waals surface area contributed by atoms with Crippen LogP contribution in [0.15, 0.2) is 85.1 Å². The van der Waals surface area contributed by atoms with Gasteiger partial charge in [0.15, 0.2) is 6.10 Å². The number of hydrogen-bond acceptors (Lipinski definition) is 8. The second-order valence-electron chi connectivity index (χ2n) is 18.2. The molecule has 65 heavy (non-hydrogen) atoms. The number of esters is 2. The fourth-order valence-corrected chi connectivity index (χ4v) is 7.43. The third kappa shape index (κ3) is 50.4. The number of allylic oxidation sites excluding steroid dienone is 14. The number of carbonyl (C=O) groups excluding carboxylic acids is 2. The van der Waals surface area contributed by atoms with E-state index in [4.69, 9.17) is 18.5 Å². The highest BCUT2D eigenvalue weighted by Gasteiger charge is 2.21. The van der Waals surface area contributed by atoms with Gasteiger partial charge < -0.3 is 27.9 Å². The van der Waals surface area contributed by atoms with E-state index >= 15 is 0 Å². The molecule has 0 radical (unpaired) electrons. The zero-order valence-electron chi connectivity index (χ0n) is 42.2. The summed E-state index contributed by atoms with van der Waals surface area (Å²) in [6.07, 6.45) is 60.5. The molecule has 0 heterocycles. The van der Waals surface area contributed by atoms with Gasteiger partial charge >= 0.3 is 11.9 Å². The minimum absolute atomic E-state index is 0.0449. The lowest BCUT2D eigenvalue weighted by Gasteiger charge is -2.28. The van der Waals surface area contributed by atoms with Crippen molar-refractivity contribution in [3.05, 3.63) is 85.1 Å². The molecular formula is C55H96NO8P. The van der Waals surface area contributed by atoms with E-state index in [9.17, 15) is 19.0 Å². The van der Waals surface area contributed by atoms with Gasteiger partial charge in [0.1, 0.15) is 19.8 Å². The summed E-state index contributed by atoms with van der Waals surface area (Å²) in [4.78, 5) is 37.7. The minimum Gasteiger partial charge on any atom is -0.756 e. The van der Waals surface area contributed by atoms with Crippen molar-refractivity contribution in [1.82, 2.24) is 0 Å². The summed E-state index contributed by atoms with van der Waals surface area (Å²) in [5, 5.41) is 0. The smallest absolute Gasteiger partial charge is 0.306 e. The first-order valence-corrected chi connectivity index (χ1v) is 27.3. The quantitative estimate of drug-likeness (QED) is 0.0195. The van der Waals surface area contributed by atoms with E-state index in [2.05, 4.69) is 92.8 Å². The van der Waals surface area contributed by atoms with Crippen LogP contribution in [0.25, 0.3) is 0 Å². The highest BCUT2D eigenvalue weighted by molar-refractivity contribution is 7.45. The Morgan fingerprint density at radius 1 is 0.492 bits per heavy atom. The minimum atomic E-state index is -4.65. The summed E-state index contributed by atoms with van der Waals surface area (Å²) in [6, 6.07) is 0. The van der Waals surface area contributed by atoms with Crippen LogP contribution in [0, 0.1) is 0 Å². The lowest BCUT2D eigenvalue weighted by atomic mass is 10.0. The number of rotatable bonds is 46. The standard InChI is InChI=1S/C55H96NO8P/c1-6-8-10-12-14-16-18-20-22-24-26-27-28-29-30-32-34-36-38-40-42-44-46-48-55(58)64-53(52-63-65(59,60)62-50-49-56(3,4)5)51-61-54(57)47-45-43-41-39-37-35-33-31-25-23-21-19-17-15-13-11-9-7-2/h8,10,14,16,20,22,26-27,29-30,34,36,40,42,53H,6-7,9,11-13,15,17-19,21,23-25,28,31-33,35,37-39,41,43-52H2,1-5H3/b10-8-,16-14-,22-20-,27-26-,30-29-,36-34-,42-40-. The predicted molar refractivity (Wildman–Crippen MR) is 272 cm³/mol. The van der Waals surface area contributed by atoms with Gasteiger partial charge in [-0.15, -0.1) is 0 Å². The molecule has 0 spiro atoms. The van der Waals surface area contributed by atoms with E-state index in [1.165, 1.54) is 96.3 Å². The van der Waals surface area contributed by atoms with Gasteiger partial charge in [-0.1, -0.05) is 208 Å². The van der Waals surface area contributed by atoms with Crippen molar-refractivity contribution in [3.8, 4) is 0 Å². The number of carbonyl (C=O) groups is 2. The first-order chi connectivity index (χ1) is 31.5. The van der Waals surface area contributed by atoms with Gasteiger partial charge in [0.2, 0.25) is 0 Å². The average molecular weight is 930 g/mol. The summed E-state index contributed by atoms with van der Waals surface area (Å²) < 4.78 is 34.0. The highest BCUT2D eigenvalue weighted by Crippen LogP contribution is 2.38. The van der Waals surface area contributed by atoms with Crippen LogP contribution in [-0.2, 0) is 32.7 Å². The summed E-state index contributed by atoms with van der Waals surface area (Å²) in [5.74, 6) is -0.903. The van der Waals surface area contributed by atoms with Gasteiger partial charge in [-0.2, -0.15) is 0 Å². The maximum Gasteiger partial charge on any atom is 0.306 e. The SMILES string of the molecule is CC/C=C\C/C=C\C/C=C\C/C=C\C/C=C\C/C=C\C/C=C\CCCC(=O)OC(COC(=O)CCCCCCCCCCCCCCCCCCCC)COP(=O)([O-])OCC[N+](C)(C)C. The number of unbranched alkanes of at least 4 members (excludes halogenated alkanes) is 18. The molecule has 2 unspecified atom stereocenters. The highest BCUT2D eigenvalue weighted by atomic mass is 31.2. The van der Waals surface area contributed by atoms with Crippen molar-refractivity contribution in [3.63, 3.8) is 0 Å². The van der Waals surface area contributed by atoms with Crippen molar-refractivity contribution in [1.29, 1.82) is 0 Å². The fourth-order valence-electron chi connectivity index (χ4n) is 6.70. The zero-order chi connectivity index (χ0) is 47.8. The van der Waals surface area contributed by atoms with Gasteiger partial charge in [-0.25, -0.2) is 0 Å². The fraction of sp³-hybridized carbons (Fsp3) is 0.709. The largest absolute Gasteiger partial charge is 0.756 e. The van der Waals surface area contributed by atoms with Gasteiger partial charge in [0, 0.05) is 12.8 Å². The Morgan fingerprint density at radius 3 is 1.29 bits per heavy atom. The maximum absolute atomic E-state index is 12.7. The number of ether oxygens (including phenoxy) is 2. The molecular weight excluding hydrogens is 834 g/mol. The molecule has 0 bridgehead atoms. The molecule has 0 aromatic heterocycles.